The lowest BCUT2D eigenvalue weighted by molar-refractivity contribution is 0.270. The molecule has 2 aromatic rings. The number of aliphatic imine (C=N–C) groups is 1. The molecule has 0 aromatic heterocycles. The van der Waals surface area contributed by atoms with Crippen LogP contribution in [-0.2, 0) is 6.54 Å². The molecule has 7 heteroatoms. The second kappa shape index (κ2) is 8.86. The van der Waals surface area contributed by atoms with Crippen LogP contribution >= 0.6 is 0 Å². The lowest BCUT2D eigenvalue weighted by Gasteiger charge is -2.22. The van der Waals surface area contributed by atoms with E-state index in [-0.39, 0.29) is 18.1 Å². The van der Waals surface area contributed by atoms with Crippen molar-refractivity contribution in [2.75, 3.05) is 27.2 Å². The molecular formula is C18H21F2N3O2. The molecule has 0 aliphatic carbocycles. The minimum absolute atomic E-state index is 0.207. The number of likely N-dealkylation sites (N-methyl/N-ethyl adjacent to an activating group) is 1. The van der Waals surface area contributed by atoms with E-state index >= 15 is 0 Å². The Morgan fingerprint density at radius 3 is 2.64 bits per heavy atom. The van der Waals surface area contributed by atoms with Crippen molar-refractivity contribution in [2.24, 2.45) is 4.99 Å². The number of nitrogens with one attached hydrogen (secondary N) is 1. The first-order chi connectivity index (χ1) is 12.0. The maximum absolute atomic E-state index is 13.5. The third kappa shape index (κ3) is 5.34. The van der Waals surface area contributed by atoms with E-state index in [0.717, 1.165) is 0 Å². The van der Waals surface area contributed by atoms with Crippen LogP contribution in [0.15, 0.2) is 47.5 Å². The first-order valence-corrected chi connectivity index (χ1v) is 7.77. The minimum Gasteiger partial charge on any atom is -0.505 e. The highest BCUT2D eigenvalue weighted by Gasteiger charge is 2.08. The number of benzene rings is 2. The van der Waals surface area contributed by atoms with Crippen LogP contribution in [0.2, 0.25) is 0 Å². The Hall–Kier alpha value is -2.83. The van der Waals surface area contributed by atoms with Gasteiger partial charge < -0.3 is 20.1 Å². The van der Waals surface area contributed by atoms with E-state index < -0.39 is 11.6 Å². The normalized spacial score (nSPS) is 11.3. The second-order valence-corrected chi connectivity index (χ2v) is 5.39. The van der Waals surface area contributed by atoms with Gasteiger partial charge in [0.05, 0.1) is 6.54 Å². The van der Waals surface area contributed by atoms with Gasteiger partial charge in [-0.1, -0.05) is 18.2 Å². The van der Waals surface area contributed by atoms with E-state index in [4.69, 9.17) is 4.74 Å². The maximum atomic E-state index is 13.5. The van der Waals surface area contributed by atoms with E-state index in [1.54, 1.807) is 31.3 Å². The molecule has 2 aromatic carbocycles. The van der Waals surface area contributed by atoms with Gasteiger partial charge in [0.2, 0.25) is 0 Å². The molecule has 0 amide bonds. The molecule has 5 nitrogen and oxygen atoms in total. The van der Waals surface area contributed by atoms with E-state index in [0.29, 0.717) is 24.6 Å². The Kier molecular flexibility index (Phi) is 6.56. The molecule has 0 aliphatic heterocycles. The van der Waals surface area contributed by atoms with Crippen molar-refractivity contribution in [1.82, 2.24) is 10.2 Å². The van der Waals surface area contributed by atoms with Crippen molar-refractivity contribution in [1.29, 1.82) is 0 Å². The first-order valence-electron chi connectivity index (χ1n) is 7.77. The number of phenols is 1. The van der Waals surface area contributed by atoms with Crippen LogP contribution in [0, 0.1) is 11.6 Å². The van der Waals surface area contributed by atoms with E-state index in [1.807, 2.05) is 11.9 Å². The summed E-state index contributed by atoms with van der Waals surface area (Å²) in [5.74, 6) is -0.650. The molecule has 2 rings (SSSR count). The number of rotatable bonds is 6. The van der Waals surface area contributed by atoms with E-state index in [2.05, 4.69) is 10.3 Å². The van der Waals surface area contributed by atoms with Gasteiger partial charge in [-0.2, -0.15) is 0 Å². The zero-order chi connectivity index (χ0) is 18.2. The highest BCUT2D eigenvalue weighted by Crippen LogP contribution is 2.16. The van der Waals surface area contributed by atoms with Gasteiger partial charge in [0, 0.05) is 20.6 Å². The van der Waals surface area contributed by atoms with Crippen LogP contribution in [0.1, 0.15) is 5.56 Å². The fourth-order valence-corrected chi connectivity index (χ4v) is 2.19. The summed E-state index contributed by atoms with van der Waals surface area (Å²) in [5.41, 5.74) is 0.674. The highest BCUT2D eigenvalue weighted by molar-refractivity contribution is 5.79. The van der Waals surface area contributed by atoms with Gasteiger partial charge >= 0.3 is 0 Å². The van der Waals surface area contributed by atoms with Crippen molar-refractivity contribution in [3.8, 4) is 11.5 Å². The minimum atomic E-state index is -0.666. The summed E-state index contributed by atoms with van der Waals surface area (Å²) in [5, 5.41) is 12.3. The number of hydrogen-bond acceptors (Lipinski definition) is 3. The summed E-state index contributed by atoms with van der Waals surface area (Å²) in [7, 11) is 3.45. The number of para-hydroxylation sites is 1. The topological polar surface area (TPSA) is 57.1 Å². The van der Waals surface area contributed by atoms with E-state index in [1.165, 1.54) is 18.2 Å². The Morgan fingerprint density at radius 1 is 1.20 bits per heavy atom. The Balaban J connectivity index is 1.83. The summed E-state index contributed by atoms with van der Waals surface area (Å²) >= 11 is 0. The van der Waals surface area contributed by atoms with Crippen LogP contribution in [0.3, 0.4) is 0 Å². The quantitative estimate of drug-likeness (QED) is 0.622. The molecular weight excluding hydrogens is 328 g/mol. The zero-order valence-electron chi connectivity index (χ0n) is 14.2. The Labute approximate surface area is 145 Å². The molecule has 2 N–H and O–H groups in total. The molecule has 25 heavy (non-hydrogen) atoms. The summed E-state index contributed by atoms with van der Waals surface area (Å²) < 4.78 is 32.2. The van der Waals surface area contributed by atoms with Crippen molar-refractivity contribution in [3.05, 3.63) is 59.7 Å². The third-order valence-electron chi connectivity index (χ3n) is 3.56. The number of hydrogen-bond donors (Lipinski definition) is 2. The average molecular weight is 349 g/mol. The van der Waals surface area contributed by atoms with Gasteiger partial charge in [0.25, 0.3) is 0 Å². The molecule has 0 atom stereocenters. The predicted octanol–water partition coefficient (Wildman–Crippen LogP) is 2.76. The lowest BCUT2D eigenvalue weighted by Crippen LogP contribution is -2.40. The van der Waals surface area contributed by atoms with Gasteiger partial charge in [-0.3, -0.25) is 4.99 Å². The van der Waals surface area contributed by atoms with Crippen molar-refractivity contribution < 1.29 is 18.6 Å². The van der Waals surface area contributed by atoms with Gasteiger partial charge in [0.1, 0.15) is 6.61 Å². The van der Waals surface area contributed by atoms with Crippen LogP contribution in [0.25, 0.3) is 0 Å². The molecule has 0 heterocycles. The molecule has 134 valence electrons. The molecule has 0 bridgehead atoms. The Bertz CT molecular complexity index is 738. The summed E-state index contributed by atoms with van der Waals surface area (Å²) in [6.07, 6.45) is 0. The summed E-state index contributed by atoms with van der Waals surface area (Å²) in [6, 6.07) is 10.4. The number of halogens is 2. The monoisotopic (exact) mass is 349 g/mol. The molecule has 0 aliphatic rings. The van der Waals surface area contributed by atoms with E-state index in [9.17, 15) is 13.9 Å². The maximum Gasteiger partial charge on any atom is 0.193 e. The smallest absolute Gasteiger partial charge is 0.193 e. The van der Waals surface area contributed by atoms with Crippen LogP contribution in [0.5, 0.6) is 11.5 Å². The number of phenolic OH excluding ortho intramolecular Hbond substituents is 1. The van der Waals surface area contributed by atoms with Crippen LogP contribution in [-0.4, -0.2) is 43.2 Å². The van der Waals surface area contributed by atoms with Crippen LogP contribution < -0.4 is 10.1 Å². The molecule has 0 saturated heterocycles. The summed E-state index contributed by atoms with van der Waals surface area (Å²) in [4.78, 5) is 5.96. The lowest BCUT2D eigenvalue weighted by atomic mass is 10.2. The van der Waals surface area contributed by atoms with Crippen molar-refractivity contribution in [2.45, 2.75) is 6.54 Å². The molecule has 0 saturated carbocycles. The third-order valence-corrected chi connectivity index (χ3v) is 3.56. The van der Waals surface area contributed by atoms with Crippen molar-refractivity contribution >= 4 is 5.96 Å². The van der Waals surface area contributed by atoms with Gasteiger partial charge in [-0.05, 0) is 29.8 Å². The summed E-state index contributed by atoms with van der Waals surface area (Å²) in [6.45, 7) is 1.12. The second-order valence-electron chi connectivity index (χ2n) is 5.39. The van der Waals surface area contributed by atoms with Gasteiger partial charge in [0.15, 0.2) is 29.1 Å². The Morgan fingerprint density at radius 2 is 1.96 bits per heavy atom. The molecule has 0 radical (unpaired) electrons. The number of aromatic hydroxyl groups is 1. The largest absolute Gasteiger partial charge is 0.505 e. The predicted molar refractivity (Wildman–Crippen MR) is 92.8 cm³/mol. The average Bonchev–Trinajstić information content (AvgIpc) is 2.60. The number of nitrogens with zero attached hydrogens (tertiary/aromatic N) is 2. The fraction of sp³-hybridized carbons (Fsp3) is 0.278. The first kappa shape index (κ1) is 18.5. The standard InChI is InChI=1S/C18H21F2N3O2/c1-21-18(22-12-13-7-8-16(24)15(20)11-13)23(2)9-10-25-17-6-4-3-5-14(17)19/h3-8,11,24H,9-10,12H2,1-2H3,(H,21,22). The van der Waals surface area contributed by atoms with Gasteiger partial charge in [-0.15, -0.1) is 0 Å². The van der Waals surface area contributed by atoms with Crippen molar-refractivity contribution in [3.63, 3.8) is 0 Å². The zero-order valence-corrected chi connectivity index (χ0v) is 14.2. The number of ether oxygens (including phenoxy) is 1. The fourth-order valence-electron chi connectivity index (χ4n) is 2.19. The molecule has 0 spiro atoms. The molecule has 0 unspecified atom stereocenters. The number of guanidine groups is 1. The highest BCUT2D eigenvalue weighted by atomic mass is 19.1. The van der Waals surface area contributed by atoms with Crippen LogP contribution in [0.4, 0.5) is 8.78 Å². The SMILES string of the molecule is CN=C(NCc1ccc(O)c(F)c1)N(C)CCOc1ccccc1F. The van der Waals surface area contributed by atoms with Gasteiger partial charge in [-0.25, -0.2) is 8.78 Å². The molecule has 0 fully saturated rings.